The van der Waals surface area contributed by atoms with Gasteiger partial charge in [0.1, 0.15) is 12.4 Å². The fourth-order valence-electron chi connectivity index (χ4n) is 3.31. The van der Waals surface area contributed by atoms with Crippen LogP contribution in [0.15, 0.2) is 29.3 Å². The summed E-state index contributed by atoms with van der Waals surface area (Å²) in [6.45, 7) is 11.3. The molecule has 0 unspecified atom stereocenters. The lowest BCUT2D eigenvalue weighted by Gasteiger charge is -2.26. The molecule has 2 fully saturated rings. The molecular formula is C23H39IN4O3. The standard InChI is InChI=1S/C23H38N4O3.HI/c1-2-24-23(25-10-5-14-29-19-20-8-9-20)26-18-21-6-3-4-7-22(21)30-17-13-27-11-15-28-16-12-27;/h3-4,6-7,20H,2,5,8-19H2,1H3,(H2,24,25,26);1H. The van der Waals surface area contributed by atoms with Crippen molar-refractivity contribution in [2.24, 2.45) is 10.9 Å². The summed E-state index contributed by atoms with van der Waals surface area (Å²) in [7, 11) is 0. The first-order valence-corrected chi connectivity index (χ1v) is 11.5. The van der Waals surface area contributed by atoms with Crippen LogP contribution < -0.4 is 15.4 Å². The molecule has 0 amide bonds. The third-order valence-electron chi connectivity index (χ3n) is 5.30. The average molecular weight is 546 g/mol. The maximum Gasteiger partial charge on any atom is 0.191 e. The van der Waals surface area contributed by atoms with Gasteiger partial charge in [-0.05, 0) is 38.2 Å². The fourth-order valence-corrected chi connectivity index (χ4v) is 3.31. The predicted molar refractivity (Wildman–Crippen MR) is 136 cm³/mol. The molecule has 1 saturated heterocycles. The van der Waals surface area contributed by atoms with E-state index in [-0.39, 0.29) is 24.0 Å². The minimum Gasteiger partial charge on any atom is -0.492 e. The Morgan fingerprint density at radius 1 is 1.16 bits per heavy atom. The molecule has 2 aliphatic rings. The SMILES string of the molecule is CCNC(=NCc1ccccc1OCCN1CCOCC1)NCCCOCC1CC1.I. The quantitative estimate of drug-likeness (QED) is 0.172. The Labute approximate surface area is 204 Å². The zero-order valence-corrected chi connectivity index (χ0v) is 21.1. The molecule has 1 heterocycles. The van der Waals surface area contributed by atoms with Crippen LogP contribution in [-0.2, 0) is 16.0 Å². The lowest BCUT2D eigenvalue weighted by Crippen LogP contribution is -2.38. The first kappa shape index (κ1) is 26.2. The first-order chi connectivity index (χ1) is 14.8. The molecule has 0 spiro atoms. The fraction of sp³-hybridized carbons (Fsp3) is 0.696. The number of rotatable bonds is 13. The van der Waals surface area contributed by atoms with Crippen molar-refractivity contribution in [2.45, 2.75) is 32.7 Å². The van der Waals surface area contributed by atoms with Crippen LogP contribution in [0.25, 0.3) is 0 Å². The summed E-state index contributed by atoms with van der Waals surface area (Å²) in [6, 6.07) is 8.17. The molecule has 3 rings (SSSR count). The lowest BCUT2D eigenvalue weighted by molar-refractivity contribution is 0.0322. The van der Waals surface area contributed by atoms with Crippen LogP contribution in [0, 0.1) is 5.92 Å². The number of halogens is 1. The highest BCUT2D eigenvalue weighted by Gasteiger charge is 2.20. The van der Waals surface area contributed by atoms with Gasteiger partial charge >= 0.3 is 0 Å². The van der Waals surface area contributed by atoms with Gasteiger partial charge in [-0.1, -0.05) is 18.2 Å². The summed E-state index contributed by atoms with van der Waals surface area (Å²) in [6.07, 6.45) is 3.67. The molecule has 1 aliphatic heterocycles. The normalized spacial score (nSPS) is 17.1. The third kappa shape index (κ3) is 10.9. The summed E-state index contributed by atoms with van der Waals surface area (Å²) in [4.78, 5) is 7.13. The zero-order valence-electron chi connectivity index (χ0n) is 18.8. The maximum absolute atomic E-state index is 6.07. The molecule has 8 heteroatoms. The van der Waals surface area contributed by atoms with Gasteiger partial charge in [0.05, 0.1) is 19.8 Å². The van der Waals surface area contributed by atoms with Gasteiger partial charge in [0.15, 0.2) is 5.96 Å². The minimum absolute atomic E-state index is 0. The van der Waals surface area contributed by atoms with Crippen LogP contribution >= 0.6 is 24.0 Å². The molecule has 1 aromatic carbocycles. The van der Waals surface area contributed by atoms with E-state index in [0.717, 1.165) is 88.8 Å². The maximum atomic E-state index is 6.07. The van der Waals surface area contributed by atoms with Crippen molar-refractivity contribution in [2.75, 3.05) is 65.8 Å². The Bertz CT molecular complexity index is 637. The van der Waals surface area contributed by atoms with Gasteiger partial charge in [-0.3, -0.25) is 4.90 Å². The molecule has 0 aromatic heterocycles. The number of para-hydroxylation sites is 1. The smallest absolute Gasteiger partial charge is 0.191 e. The van der Waals surface area contributed by atoms with Crippen molar-refractivity contribution >= 4 is 29.9 Å². The van der Waals surface area contributed by atoms with Crippen LogP contribution in [0.2, 0.25) is 0 Å². The Hall–Kier alpha value is -1.10. The van der Waals surface area contributed by atoms with Gasteiger partial charge < -0.3 is 24.8 Å². The van der Waals surface area contributed by atoms with Crippen LogP contribution in [0.3, 0.4) is 0 Å². The van der Waals surface area contributed by atoms with Gasteiger partial charge in [-0.15, -0.1) is 24.0 Å². The van der Waals surface area contributed by atoms with Crippen LogP contribution in [-0.4, -0.2) is 76.6 Å². The summed E-state index contributed by atoms with van der Waals surface area (Å²) < 4.78 is 17.2. The molecular weight excluding hydrogens is 507 g/mol. The van der Waals surface area contributed by atoms with Gasteiger partial charge in [-0.2, -0.15) is 0 Å². The highest BCUT2D eigenvalue weighted by atomic mass is 127. The number of aliphatic imine (C=N–C) groups is 1. The monoisotopic (exact) mass is 546 g/mol. The van der Waals surface area contributed by atoms with Gasteiger partial charge in [0.25, 0.3) is 0 Å². The number of ether oxygens (including phenoxy) is 3. The Morgan fingerprint density at radius 3 is 2.74 bits per heavy atom. The summed E-state index contributed by atoms with van der Waals surface area (Å²) in [5.41, 5.74) is 1.10. The zero-order chi connectivity index (χ0) is 20.9. The van der Waals surface area contributed by atoms with Crippen molar-refractivity contribution in [3.05, 3.63) is 29.8 Å². The molecule has 0 radical (unpaired) electrons. The Kier molecular flexibility index (Phi) is 13.2. The van der Waals surface area contributed by atoms with E-state index < -0.39 is 0 Å². The highest BCUT2D eigenvalue weighted by molar-refractivity contribution is 14.0. The second-order valence-electron chi connectivity index (χ2n) is 7.90. The van der Waals surface area contributed by atoms with Gasteiger partial charge in [-0.25, -0.2) is 4.99 Å². The van der Waals surface area contributed by atoms with Crippen LogP contribution in [0.1, 0.15) is 31.7 Å². The first-order valence-electron chi connectivity index (χ1n) is 11.5. The van der Waals surface area contributed by atoms with Crippen LogP contribution in [0.5, 0.6) is 5.75 Å². The second kappa shape index (κ2) is 15.7. The number of guanidine groups is 1. The Morgan fingerprint density at radius 2 is 1.97 bits per heavy atom. The number of nitrogens with one attached hydrogen (secondary N) is 2. The largest absolute Gasteiger partial charge is 0.492 e. The van der Waals surface area contributed by atoms with Crippen molar-refractivity contribution in [1.82, 2.24) is 15.5 Å². The van der Waals surface area contributed by atoms with Crippen molar-refractivity contribution in [1.29, 1.82) is 0 Å². The van der Waals surface area contributed by atoms with Gasteiger partial charge in [0, 0.05) is 51.5 Å². The minimum atomic E-state index is 0. The molecule has 0 atom stereocenters. The summed E-state index contributed by atoms with van der Waals surface area (Å²) >= 11 is 0. The van der Waals surface area contributed by atoms with E-state index in [0.29, 0.717) is 13.2 Å². The lowest BCUT2D eigenvalue weighted by atomic mass is 10.2. The van der Waals surface area contributed by atoms with Crippen LogP contribution in [0.4, 0.5) is 0 Å². The molecule has 1 aliphatic carbocycles. The van der Waals surface area contributed by atoms with Crippen molar-refractivity contribution in [3.8, 4) is 5.75 Å². The molecule has 1 aromatic rings. The number of benzene rings is 1. The van der Waals surface area contributed by atoms with E-state index in [1.165, 1.54) is 12.8 Å². The summed E-state index contributed by atoms with van der Waals surface area (Å²) in [5, 5.41) is 6.72. The van der Waals surface area contributed by atoms with E-state index in [4.69, 9.17) is 19.2 Å². The number of hydrogen-bond donors (Lipinski definition) is 2. The van der Waals surface area contributed by atoms with Gasteiger partial charge in [0.2, 0.25) is 0 Å². The second-order valence-corrected chi connectivity index (χ2v) is 7.90. The number of hydrogen-bond acceptors (Lipinski definition) is 5. The molecule has 31 heavy (non-hydrogen) atoms. The highest BCUT2D eigenvalue weighted by Crippen LogP contribution is 2.28. The van der Waals surface area contributed by atoms with E-state index in [1.54, 1.807) is 0 Å². The number of nitrogens with zero attached hydrogens (tertiary/aromatic N) is 2. The van der Waals surface area contributed by atoms with E-state index in [9.17, 15) is 0 Å². The van der Waals surface area contributed by atoms with E-state index in [1.807, 2.05) is 18.2 Å². The molecule has 176 valence electrons. The molecule has 2 N–H and O–H groups in total. The third-order valence-corrected chi connectivity index (χ3v) is 5.30. The van der Waals surface area contributed by atoms with Crippen molar-refractivity contribution < 1.29 is 14.2 Å². The average Bonchev–Trinajstić information content (AvgIpc) is 3.60. The number of morpholine rings is 1. The van der Waals surface area contributed by atoms with E-state index in [2.05, 4.69) is 28.5 Å². The van der Waals surface area contributed by atoms with E-state index >= 15 is 0 Å². The summed E-state index contributed by atoms with van der Waals surface area (Å²) in [5.74, 6) is 2.58. The molecule has 0 bridgehead atoms. The molecule has 1 saturated carbocycles. The molecule has 7 nitrogen and oxygen atoms in total. The predicted octanol–water partition coefficient (Wildman–Crippen LogP) is 2.89. The Balaban J connectivity index is 0.00000341. The topological polar surface area (TPSA) is 67.4 Å². The van der Waals surface area contributed by atoms with Crippen molar-refractivity contribution in [3.63, 3.8) is 0 Å².